The van der Waals surface area contributed by atoms with E-state index in [0.29, 0.717) is 29.1 Å². The number of halogens is 1. The zero-order valence-electron chi connectivity index (χ0n) is 20.0. The molecular weight excluding hydrogens is 468 g/mol. The fourth-order valence-electron chi connectivity index (χ4n) is 4.00. The summed E-state index contributed by atoms with van der Waals surface area (Å²) in [5.74, 6) is 5.24. The summed E-state index contributed by atoms with van der Waals surface area (Å²) in [7, 11) is 0. The average Bonchev–Trinajstić information content (AvgIpc) is 2.83. The average molecular weight is 497 g/mol. The van der Waals surface area contributed by atoms with Crippen LogP contribution in [0.5, 0.6) is 0 Å². The third-order valence-electron chi connectivity index (χ3n) is 5.51. The highest BCUT2D eigenvalue weighted by molar-refractivity contribution is 6.30. The van der Waals surface area contributed by atoms with Gasteiger partial charge in [0.05, 0.1) is 12.3 Å². The zero-order valence-corrected chi connectivity index (χ0v) is 20.8. The van der Waals surface area contributed by atoms with E-state index >= 15 is 0 Å². The predicted octanol–water partition coefficient (Wildman–Crippen LogP) is 4.35. The second kappa shape index (κ2) is 12.4. The minimum Gasteiger partial charge on any atom is -0.464 e. The second-order valence-electron chi connectivity index (χ2n) is 8.08. The topological polar surface area (TPSA) is 84.9 Å². The van der Waals surface area contributed by atoms with E-state index in [0.717, 1.165) is 5.56 Å². The van der Waals surface area contributed by atoms with Gasteiger partial charge in [0, 0.05) is 17.5 Å². The quantitative estimate of drug-likeness (QED) is 0.455. The molecule has 2 aromatic carbocycles. The van der Waals surface area contributed by atoms with Crippen molar-refractivity contribution in [2.75, 3.05) is 18.5 Å². The number of anilines is 1. The number of benzene rings is 2. The molecular formula is C27H29ClN2O5. The normalized spacial score (nSPS) is 18.3. The lowest BCUT2D eigenvalue weighted by Gasteiger charge is -2.42. The molecule has 0 aliphatic carbocycles. The van der Waals surface area contributed by atoms with E-state index in [1.54, 1.807) is 37.3 Å². The molecule has 0 spiro atoms. The van der Waals surface area contributed by atoms with Gasteiger partial charge in [0.1, 0.15) is 24.8 Å². The fraction of sp³-hybridized carbons (Fsp3) is 0.370. The van der Waals surface area contributed by atoms with Crippen LogP contribution in [0.15, 0.2) is 48.5 Å². The van der Waals surface area contributed by atoms with Gasteiger partial charge in [-0.2, -0.15) is 0 Å². The van der Waals surface area contributed by atoms with Crippen molar-refractivity contribution in [2.45, 2.75) is 51.8 Å². The van der Waals surface area contributed by atoms with Crippen molar-refractivity contribution in [1.82, 2.24) is 4.90 Å². The summed E-state index contributed by atoms with van der Waals surface area (Å²) < 4.78 is 11.3. The van der Waals surface area contributed by atoms with Gasteiger partial charge in [-0.15, -0.1) is 0 Å². The summed E-state index contributed by atoms with van der Waals surface area (Å²) in [6.07, 6.45) is 0.489. The van der Waals surface area contributed by atoms with Crippen molar-refractivity contribution >= 4 is 35.1 Å². The monoisotopic (exact) mass is 496 g/mol. The lowest BCUT2D eigenvalue weighted by atomic mass is 9.96. The molecule has 0 saturated carbocycles. The number of amides is 2. The van der Waals surface area contributed by atoms with Crippen molar-refractivity contribution in [2.24, 2.45) is 0 Å². The molecule has 8 heteroatoms. The van der Waals surface area contributed by atoms with Gasteiger partial charge in [-0.1, -0.05) is 61.1 Å². The number of esters is 1. The number of hydrogen-bond donors (Lipinski definition) is 1. The van der Waals surface area contributed by atoms with Gasteiger partial charge in [0.25, 0.3) is 0 Å². The van der Waals surface area contributed by atoms with Gasteiger partial charge in [0.2, 0.25) is 11.8 Å². The first-order valence-electron chi connectivity index (χ1n) is 11.6. The molecule has 1 fully saturated rings. The van der Waals surface area contributed by atoms with Crippen molar-refractivity contribution in [3.8, 4) is 11.8 Å². The van der Waals surface area contributed by atoms with Crippen LogP contribution in [0.25, 0.3) is 0 Å². The molecule has 1 saturated heterocycles. The van der Waals surface area contributed by atoms with Crippen LogP contribution in [-0.2, 0) is 23.9 Å². The highest BCUT2D eigenvalue weighted by atomic mass is 35.5. The molecule has 2 aromatic rings. The second-order valence-corrected chi connectivity index (χ2v) is 8.52. The van der Waals surface area contributed by atoms with Crippen LogP contribution in [-0.4, -0.2) is 48.0 Å². The van der Waals surface area contributed by atoms with Crippen LogP contribution in [0.1, 0.15) is 50.8 Å². The summed E-state index contributed by atoms with van der Waals surface area (Å²) in [6, 6.07) is 12.7. The Morgan fingerprint density at radius 2 is 1.91 bits per heavy atom. The van der Waals surface area contributed by atoms with Crippen LogP contribution in [0.3, 0.4) is 0 Å². The Morgan fingerprint density at radius 3 is 2.57 bits per heavy atom. The van der Waals surface area contributed by atoms with Crippen LogP contribution < -0.4 is 5.32 Å². The van der Waals surface area contributed by atoms with Gasteiger partial charge in [0.15, 0.2) is 0 Å². The summed E-state index contributed by atoms with van der Waals surface area (Å²) in [4.78, 5) is 39.2. The molecule has 2 amide bonds. The standard InChI is InChI=1S/C27H29ClN2O5/c1-4-8-24(27(33)34-5-2)30-23(16-13-19-9-6-7-10-22(19)29-18(3)31)26(35-17-25(30)32)20-11-14-21(28)15-12-20/h6-7,9-12,14-15,23-24,26H,4-5,8,17H2,1-3H3,(H,29,31)/t23-,24-,26+/m1/s1. The van der Waals surface area contributed by atoms with E-state index in [1.165, 1.54) is 11.8 Å². The number of nitrogens with one attached hydrogen (secondary N) is 1. The Morgan fingerprint density at radius 1 is 1.20 bits per heavy atom. The van der Waals surface area contributed by atoms with E-state index in [2.05, 4.69) is 17.2 Å². The largest absolute Gasteiger partial charge is 0.464 e. The van der Waals surface area contributed by atoms with Gasteiger partial charge in [-0.05, 0) is 43.2 Å². The number of morpholine rings is 1. The molecule has 0 unspecified atom stereocenters. The molecule has 1 N–H and O–H groups in total. The Labute approximate surface area is 210 Å². The summed E-state index contributed by atoms with van der Waals surface area (Å²) >= 11 is 6.08. The van der Waals surface area contributed by atoms with Gasteiger partial charge < -0.3 is 19.7 Å². The minimum atomic E-state index is -0.795. The molecule has 0 aromatic heterocycles. The van der Waals surface area contributed by atoms with Crippen LogP contribution in [0.2, 0.25) is 5.02 Å². The SMILES string of the molecule is CCC[C@H](C(=O)OCC)N1C(=O)CO[C@@H](c2ccc(Cl)cc2)[C@H]1C#Cc1ccccc1NC(C)=O. The van der Waals surface area contributed by atoms with Crippen LogP contribution >= 0.6 is 11.6 Å². The smallest absolute Gasteiger partial charge is 0.328 e. The number of carbonyl (C=O) groups is 3. The number of para-hydroxylation sites is 1. The molecule has 0 bridgehead atoms. The number of rotatable bonds is 7. The maximum Gasteiger partial charge on any atom is 0.328 e. The highest BCUT2D eigenvalue weighted by Gasteiger charge is 2.43. The van der Waals surface area contributed by atoms with E-state index in [-0.39, 0.29) is 25.0 Å². The lowest BCUT2D eigenvalue weighted by molar-refractivity contribution is -0.169. The predicted molar refractivity (Wildman–Crippen MR) is 134 cm³/mol. The molecule has 35 heavy (non-hydrogen) atoms. The Kier molecular flexibility index (Phi) is 9.30. The highest BCUT2D eigenvalue weighted by Crippen LogP contribution is 2.32. The summed E-state index contributed by atoms with van der Waals surface area (Å²) in [6.45, 7) is 5.12. The molecule has 7 nitrogen and oxygen atoms in total. The maximum atomic E-state index is 13.1. The van der Waals surface area contributed by atoms with E-state index in [4.69, 9.17) is 21.1 Å². The first kappa shape index (κ1) is 26.3. The van der Waals surface area contributed by atoms with Crippen molar-refractivity contribution in [1.29, 1.82) is 0 Å². The molecule has 184 valence electrons. The zero-order chi connectivity index (χ0) is 25.4. The minimum absolute atomic E-state index is 0.187. The molecule has 1 aliphatic rings. The Bertz CT molecular complexity index is 1120. The molecule has 1 heterocycles. The van der Waals surface area contributed by atoms with Crippen LogP contribution in [0, 0.1) is 11.8 Å². The van der Waals surface area contributed by atoms with Gasteiger partial charge >= 0.3 is 5.97 Å². The fourth-order valence-corrected chi connectivity index (χ4v) is 4.12. The number of hydrogen-bond acceptors (Lipinski definition) is 5. The van der Waals surface area contributed by atoms with E-state index < -0.39 is 24.2 Å². The first-order chi connectivity index (χ1) is 16.8. The summed E-state index contributed by atoms with van der Waals surface area (Å²) in [5, 5.41) is 3.34. The maximum absolute atomic E-state index is 13.1. The molecule has 1 aliphatic heterocycles. The van der Waals surface area contributed by atoms with Crippen molar-refractivity contribution in [3.63, 3.8) is 0 Å². The third kappa shape index (κ3) is 6.62. The summed E-state index contributed by atoms with van der Waals surface area (Å²) in [5.41, 5.74) is 1.92. The van der Waals surface area contributed by atoms with Gasteiger partial charge in [-0.25, -0.2) is 4.79 Å². The first-order valence-corrected chi connectivity index (χ1v) is 12.0. The number of carbonyl (C=O) groups excluding carboxylic acids is 3. The Hall–Kier alpha value is -3.34. The number of nitrogens with zero attached hydrogens (tertiary/aromatic N) is 1. The van der Waals surface area contributed by atoms with Crippen LogP contribution in [0.4, 0.5) is 5.69 Å². The molecule has 0 radical (unpaired) electrons. The van der Waals surface area contributed by atoms with Crippen molar-refractivity contribution in [3.05, 3.63) is 64.7 Å². The lowest BCUT2D eigenvalue weighted by Crippen LogP contribution is -2.57. The van der Waals surface area contributed by atoms with Gasteiger partial charge in [-0.3, -0.25) is 9.59 Å². The third-order valence-corrected chi connectivity index (χ3v) is 5.76. The van der Waals surface area contributed by atoms with E-state index in [9.17, 15) is 14.4 Å². The Balaban J connectivity index is 2.10. The number of ether oxygens (including phenoxy) is 2. The molecule has 3 atom stereocenters. The molecule has 3 rings (SSSR count). The van der Waals surface area contributed by atoms with E-state index in [1.807, 2.05) is 25.1 Å². The van der Waals surface area contributed by atoms with Crippen molar-refractivity contribution < 1.29 is 23.9 Å².